The van der Waals surface area contributed by atoms with Gasteiger partial charge in [0.25, 0.3) is 0 Å². The third-order valence-electron chi connectivity index (χ3n) is 4.65. The van der Waals surface area contributed by atoms with Crippen molar-refractivity contribution in [2.75, 3.05) is 0 Å². The largest absolute Gasteiger partial charge is 0.479 e. The quantitative estimate of drug-likeness (QED) is 0.619. The molecule has 0 spiro atoms. The Labute approximate surface area is 138 Å². The number of β-lactam (4-membered cyclic amide) rings is 1. The van der Waals surface area contributed by atoms with Gasteiger partial charge in [-0.15, -0.1) is 11.8 Å². The summed E-state index contributed by atoms with van der Waals surface area (Å²) in [5, 5.41) is 9.44. The molecule has 1 unspecified atom stereocenters. The van der Waals surface area contributed by atoms with E-state index in [1.165, 1.54) is 16.7 Å². The highest BCUT2D eigenvalue weighted by Gasteiger charge is 2.75. The Hall–Kier alpha value is -1.86. The summed E-state index contributed by atoms with van der Waals surface area (Å²) in [6.07, 6.45) is -0.0388. The lowest BCUT2D eigenvalue weighted by atomic mass is 9.75. The number of fused-ring (bicyclic) bond motifs is 1. The van der Waals surface area contributed by atoms with Crippen LogP contribution in [0, 0.1) is 0 Å². The molecule has 7 heteroatoms. The zero-order valence-electron chi connectivity index (χ0n) is 12.9. The zero-order chi connectivity index (χ0) is 17.0. The highest BCUT2D eigenvalue weighted by molar-refractivity contribution is 8.01. The number of benzene rings is 1. The van der Waals surface area contributed by atoms with E-state index in [4.69, 9.17) is 5.73 Å². The molecule has 0 radical (unpaired) electrons. The molecule has 0 aromatic heterocycles. The number of nitrogens with two attached hydrogens (primary N) is 1. The Morgan fingerprint density at radius 3 is 2.48 bits per heavy atom. The molecule has 0 bridgehead atoms. The Morgan fingerprint density at radius 1 is 1.30 bits per heavy atom. The van der Waals surface area contributed by atoms with Gasteiger partial charge < -0.3 is 15.7 Å². The van der Waals surface area contributed by atoms with Crippen LogP contribution in [0.25, 0.3) is 0 Å². The minimum atomic E-state index is -1.88. The molecule has 3 N–H and O–H groups in total. The summed E-state index contributed by atoms with van der Waals surface area (Å²) in [6, 6.07) is 8.19. The number of hydrogen-bond donors (Lipinski definition) is 2. The third kappa shape index (κ3) is 1.96. The number of thioether (sulfide) groups is 1. The lowest BCUT2D eigenvalue weighted by molar-refractivity contribution is -0.174. The van der Waals surface area contributed by atoms with Crippen LogP contribution in [0.2, 0.25) is 0 Å². The summed E-state index contributed by atoms with van der Waals surface area (Å²) in [5.74, 6) is -2.26. The van der Waals surface area contributed by atoms with Crippen molar-refractivity contribution in [3.8, 4) is 0 Å². The molecule has 2 aliphatic rings. The fourth-order valence-corrected chi connectivity index (χ4v) is 5.21. The van der Waals surface area contributed by atoms with Crippen molar-refractivity contribution in [2.45, 2.75) is 42.0 Å². The van der Waals surface area contributed by atoms with Crippen molar-refractivity contribution >= 4 is 29.4 Å². The van der Waals surface area contributed by atoms with Crippen molar-refractivity contribution in [3.05, 3.63) is 35.9 Å². The van der Waals surface area contributed by atoms with E-state index in [1.54, 1.807) is 38.1 Å². The first-order valence-corrected chi connectivity index (χ1v) is 8.18. The van der Waals surface area contributed by atoms with Gasteiger partial charge in [0.2, 0.25) is 11.4 Å². The number of ketones is 1. The second-order valence-electron chi connectivity index (χ2n) is 6.35. The minimum Gasteiger partial charge on any atom is -0.479 e. The molecule has 2 fully saturated rings. The molecular formula is C16H18N2O4S. The van der Waals surface area contributed by atoms with Gasteiger partial charge in [-0.2, -0.15) is 0 Å². The number of carboxylic acids is 1. The Kier molecular flexibility index (Phi) is 3.53. The lowest BCUT2D eigenvalue weighted by Crippen LogP contribution is -2.77. The van der Waals surface area contributed by atoms with E-state index in [-0.39, 0.29) is 6.42 Å². The van der Waals surface area contributed by atoms with E-state index in [1.807, 2.05) is 6.07 Å². The van der Waals surface area contributed by atoms with Gasteiger partial charge in [-0.25, -0.2) is 4.79 Å². The maximum atomic E-state index is 13.0. The maximum Gasteiger partial charge on any atom is 0.339 e. The predicted molar refractivity (Wildman–Crippen MR) is 85.8 cm³/mol. The maximum absolute atomic E-state index is 13.0. The highest BCUT2D eigenvalue weighted by atomic mass is 32.2. The van der Waals surface area contributed by atoms with Gasteiger partial charge in [0.1, 0.15) is 11.4 Å². The van der Waals surface area contributed by atoms with E-state index in [0.717, 1.165) is 5.56 Å². The molecule has 0 aliphatic carbocycles. The Balaban J connectivity index is 2.04. The first kappa shape index (κ1) is 16.0. The van der Waals surface area contributed by atoms with Crippen LogP contribution >= 0.6 is 11.8 Å². The van der Waals surface area contributed by atoms with Crippen LogP contribution in [0.3, 0.4) is 0 Å². The van der Waals surface area contributed by atoms with Crippen LogP contribution in [-0.4, -0.2) is 49.4 Å². The molecule has 122 valence electrons. The van der Waals surface area contributed by atoms with Crippen molar-refractivity contribution in [3.63, 3.8) is 0 Å². The number of hydrogen-bond acceptors (Lipinski definition) is 5. The average Bonchev–Trinajstić information content (AvgIpc) is 2.73. The molecule has 1 aromatic carbocycles. The topological polar surface area (TPSA) is 101 Å². The molecule has 3 rings (SSSR count). The number of carbonyl (C=O) groups is 3. The average molecular weight is 334 g/mol. The summed E-state index contributed by atoms with van der Waals surface area (Å²) in [4.78, 5) is 38.5. The minimum absolute atomic E-state index is 0.0388. The second-order valence-corrected chi connectivity index (χ2v) is 8.09. The van der Waals surface area contributed by atoms with E-state index in [0.29, 0.717) is 0 Å². The van der Waals surface area contributed by atoms with Crippen LogP contribution in [-0.2, 0) is 20.8 Å². The molecule has 2 saturated heterocycles. The number of nitrogens with zero attached hydrogens (tertiary/aromatic N) is 1. The summed E-state index contributed by atoms with van der Waals surface area (Å²) in [7, 11) is 0. The Morgan fingerprint density at radius 2 is 1.91 bits per heavy atom. The van der Waals surface area contributed by atoms with Crippen molar-refractivity contribution < 1.29 is 19.5 Å². The van der Waals surface area contributed by atoms with Crippen LogP contribution in [0.1, 0.15) is 19.4 Å². The SMILES string of the molecule is CC1(C)S[C@@H]2C(N)C(=O)N2[C@]1(C(=O)O)C(=O)Cc1ccccc1. The molecule has 0 saturated carbocycles. The standard InChI is InChI=1S/C16H18N2O4S/c1-15(2)16(14(21)22,18-12(20)11(17)13(18)23-15)10(19)8-9-6-4-3-5-7-9/h3-7,11,13H,8,17H2,1-2H3,(H,21,22)/t11?,13-,16+/m1/s1. The first-order valence-electron chi connectivity index (χ1n) is 7.30. The molecule has 2 heterocycles. The van der Waals surface area contributed by atoms with Crippen molar-refractivity contribution in [1.82, 2.24) is 4.90 Å². The van der Waals surface area contributed by atoms with E-state index >= 15 is 0 Å². The van der Waals surface area contributed by atoms with Crippen molar-refractivity contribution in [1.29, 1.82) is 0 Å². The first-order chi connectivity index (χ1) is 10.7. The fraction of sp³-hybridized carbons (Fsp3) is 0.438. The molecule has 3 atom stereocenters. The van der Waals surface area contributed by atoms with Gasteiger partial charge in [0.15, 0.2) is 5.78 Å². The number of Topliss-reactive ketones (excluding diaryl/α,β-unsaturated/α-hetero) is 1. The van der Waals surface area contributed by atoms with Crippen LogP contribution in [0.15, 0.2) is 30.3 Å². The molecule has 2 aliphatic heterocycles. The van der Waals surface area contributed by atoms with Gasteiger partial charge in [0.05, 0.1) is 4.75 Å². The number of rotatable bonds is 4. The van der Waals surface area contributed by atoms with E-state index < -0.39 is 39.4 Å². The molecule has 1 amide bonds. The van der Waals surface area contributed by atoms with Crippen LogP contribution in [0.4, 0.5) is 0 Å². The summed E-state index contributed by atoms with van der Waals surface area (Å²) in [6.45, 7) is 3.38. The summed E-state index contributed by atoms with van der Waals surface area (Å²) in [5.41, 5.74) is 4.62. The molecular weight excluding hydrogens is 316 g/mol. The molecule has 6 nitrogen and oxygen atoms in total. The van der Waals surface area contributed by atoms with E-state index in [9.17, 15) is 19.5 Å². The zero-order valence-corrected chi connectivity index (χ0v) is 13.7. The second kappa shape index (κ2) is 5.07. The van der Waals surface area contributed by atoms with Gasteiger partial charge >= 0.3 is 5.97 Å². The number of carboxylic acid groups (broad SMARTS) is 1. The summed E-state index contributed by atoms with van der Waals surface area (Å²) >= 11 is 1.28. The van der Waals surface area contributed by atoms with E-state index in [2.05, 4.69) is 0 Å². The van der Waals surface area contributed by atoms with Gasteiger partial charge in [0, 0.05) is 6.42 Å². The highest BCUT2D eigenvalue weighted by Crippen LogP contribution is 2.57. The fourth-order valence-electron chi connectivity index (χ4n) is 3.50. The smallest absolute Gasteiger partial charge is 0.339 e. The normalized spacial score (nSPS) is 31.4. The predicted octanol–water partition coefficient (Wildman–Crippen LogP) is 0.643. The van der Waals surface area contributed by atoms with Crippen LogP contribution < -0.4 is 5.73 Å². The monoisotopic (exact) mass is 334 g/mol. The number of amides is 1. The third-order valence-corrected chi connectivity index (χ3v) is 6.28. The number of carbonyl (C=O) groups excluding carboxylic acids is 2. The van der Waals surface area contributed by atoms with Crippen molar-refractivity contribution in [2.24, 2.45) is 5.73 Å². The van der Waals surface area contributed by atoms with Gasteiger partial charge in [-0.3, -0.25) is 9.59 Å². The number of aliphatic carboxylic acids is 1. The summed E-state index contributed by atoms with van der Waals surface area (Å²) < 4.78 is -0.959. The molecule has 23 heavy (non-hydrogen) atoms. The van der Waals surface area contributed by atoms with Gasteiger partial charge in [-0.1, -0.05) is 30.3 Å². The Bertz CT molecular complexity index is 691. The lowest BCUT2D eigenvalue weighted by Gasteiger charge is -2.47. The van der Waals surface area contributed by atoms with Gasteiger partial charge in [-0.05, 0) is 19.4 Å². The van der Waals surface area contributed by atoms with Crippen LogP contribution in [0.5, 0.6) is 0 Å². The molecule has 1 aromatic rings.